The molecule has 0 bridgehead atoms. The lowest BCUT2D eigenvalue weighted by atomic mass is 10.1. The van der Waals surface area contributed by atoms with Crippen LogP contribution in [0.3, 0.4) is 0 Å². The van der Waals surface area contributed by atoms with E-state index in [0.29, 0.717) is 46.2 Å². The lowest BCUT2D eigenvalue weighted by Crippen LogP contribution is -2.18. The molecule has 0 radical (unpaired) electrons. The van der Waals surface area contributed by atoms with Crippen LogP contribution >= 0.6 is 11.8 Å². The topological polar surface area (TPSA) is 78.4 Å². The van der Waals surface area contributed by atoms with Crippen molar-refractivity contribution in [3.05, 3.63) is 120 Å². The second-order valence-corrected chi connectivity index (χ2v) is 9.91. The highest BCUT2D eigenvalue weighted by atomic mass is 32.2. The van der Waals surface area contributed by atoms with Gasteiger partial charge in [-0.15, -0.1) is 10.2 Å². The first-order valence-corrected chi connectivity index (χ1v) is 13.7. The average molecular weight is 553 g/mol. The van der Waals surface area contributed by atoms with E-state index in [1.165, 1.54) is 17.8 Å². The van der Waals surface area contributed by atoms with Gasteiger partial charge < -0.3 is 19.5 Å². The molecule has 1 aromatic heterocycles. The summed E-state index contributed by atoms with van der Waals surface area (Å²) in [4.78, 5) is 4.69. The number of thioether (sulfide) groups is 1. The van der Waals surface area contributed by atoms with E-state index in [4.69, 9.17) is 19.2 Å². The summed E-state index contributed by atoms with van der Waals surface area (Å²) in [5, 5.41) is 12.6. The monoisotopic (exact) mass is 552 g/mol. The quantitative estimate of drug-likeness (QED) is 0.205. The molecule has 2 heterocycles. The summed E-state index contributed by atoms with van der Waals surface area (Å²) in [6, 6.07) is 30.0. The van der Waals surface area contributed by atoms with Gasteiger partial charge in [0.2, 0.25) is 17.3 Å². The van der Waals surface area contributed by atoms with E-state index in [2.05, 4.69) is 15.5 Å². The molecular formula is C31H25FN4O3S. The maximum Gasteiger partial charge on any atom is 0.247 e. The average Bonchev–Trinajstić information content (AvgIpc) is 3.16. The lowest BCUT2D eigenvalue weighted by Gasteiger charge is -2.23. The zero-order valence-corrected chi connectivity index (χ0v) is 22.4. The van der Waals surface area contributed by atoms with Gasteiger partial charge in [-0.25, -0.2) is 4.39 Å². The van der Waals surface area contributed by atoms with Crippen LogP contribution in [-0.2, 0) is 12.4 Å². The third-order valence-electron chi connectivity index (χ3n) is 6.39. The Bertz CT molecular complexity index is 1640. The molecule has 5 aromatic rings. The van der Waals surface area contributed by atoms with Crippen molar-refractivity contribution in [1.82, 2.24) is 15.2 Å². The Morgan fingerprint density at radius 1 is 0.900 bits per heavy atom. The van der Waals surface area contributed by atoms with E-state index < -0.39 is 6.23 Å². The van der Waals surface area contributed by atoms with Crippen molar-refractivity contribution in [1.29, 1.82) is 0 Å². The second-order valence-electron chi connectivity index (χ2n) is 8.97. The number of nitrogens with one attached hydrogen (secondary N) is 1. The van der Waals surface area contributed by atoms with Gasteiger partial charge in [0.15, 0.2) is 17.2 Å². The van der Waals surface area contributed by atoms with Crippen LogP contribution in [0.4, 0.5) is 10.1 Å². The molecule has 0 amide bonds. The maximum atomic E-state index is 14.2. The van der Waals surface area contributed by atoms with Gasteiger partial charge in [-0.3, -0.25) is 0 Å². The highest BCUT2D eigenvalue weighted by molar-refractivity contribution is 7.98. The summed E-state index contributed by atoms with van der Waals surface area (Å²) < 4.78 is 32.6. The van der Waals surface area contributed by atoms with Crippen molar-refractivity contribution in [2.45, 2.75) is 23.7 Å². The minimum Gasteiger partial charge on any atom is -0.493 e. The lowest BCUT2D eigenvalue weighted by molar-refractivity contribution is 0.211. The van der Waals surface area contributed by atoms with Crippen LogP contribution in [0, 0.1) is 5.82 Å². The van der Waals surface area contributed by atoms with Crippen molar-refractivity contribution in [2.24, 2.45) is 0 Å². The molecule has 9 heteroatoms. The normalized spacial score (nSPS) is 13.7. The van der Waals surface area contributed by atoms with Gasteiger partial charge in [0.1, 0.15) is 12.4 Å². The van der Waals surface area contributed by atoms with Crippen molar-refractivity contribution >= 4 is 17.4 Å². The van der Waals surface area contributed by atoms with Gasteiger partial charge in [0, 0.05) is 17.0 Å². The number of methoxy groups -OCH3 is 1. The molecule has 1 aliphatic rings. The first-order valence-electron chi connectivity index (χ1n) is 12.7. The molecule has 1 atom stereocenters. The molecule has 200 valence electrons. The highest BCUT2D eigenvalue weighted by Gasteiger charge is 2.29. The van der Waals surface area contributed by atoms with Crippen LogP contribution in [-0.4, -0.2) is 22.3 Å². The Balaban J connectivity index is 1.35. The molecule has 0 spiro atoms. The van der Waals surface area contributed by atoms with Gasteiger partial charge in [-0.1, -0.05) is 84.6 Å². The van der Waals surface area contributed by atoms with E-state index in [0.717, 1.165) is 22.4 Å². The molecule has 0 saturated carbocycles. The number of rotatable bonds is 8. The molecule has 0 unspecified atom stereocenters. The molecule has 7 nitrogen and oxygen atoms in total. The van der Waals surface area contributed by atoms with Gasteiger partial charge >= 0.3 is 0 Å². The number of aromatic nitrogens is 3. The summed E-state index contributed by atoms with van der Waals surface area (Å²) >= 11 is 1.29. The molecule has 6 rings (SSSR count). The van der Waals surface area contributed by atoms with Gasteiger partial charge in [-0.05, 0) is 35.4 Å². The number of hydrogen-bond donors (Lipinski definition) is 1. The molecule has 0 fully saturated rings. The molecule has 0 saturated heterocycles. The number of benzene rings is 4. The van der Waals surface area contributed by atoms with Crippen LogP contribution in [0.15, 0.2) is 102 Å². The van der Waals surface area contributed by atoms with E-state index >= 15 is 0 Å². The highest BCUT2D eigenvalue weighted by Crippen LogP contribution is 2.43. The molecule has 1 aliphatic heterocycles. The zero-order chi connectivity index (χ0) is 27.3. The predicted molar refractivity (Wildman–Crippen MR) is 152 cm³/mol. The van der Waals surface area contributed by atoms with E-state index in [-0.39, 0.29) is 5.82 Å². The Morgan fingerprint density at radius 2 is 1.70 bits per heavy atom. The Hall–Kier alpha value is -4.63. The van der Waals surface area contributed by atoms with Gasteiger partial charge in [0.05, 0.1) is 12.7 Å². The van der Waals surface area contributed by atoms with Crippen molar-refractivity contribution in [3.63, 3.8) is 0 Å². The number of ether oxygens (including phenoxy) is 3. The summed E-state index contributed by atoms with van der Waals surface area (Å²) in [5.41, 5.74) is 4.45. The first-order chi connectivity index (χ1) is 19.7. The fourth-order valence-electron chi connectivity index (χ4n) is 4.39. The number of hydrogen-bond acceptors (Lipinski definition) is 8. The molecule has 4 aromatic carbocycles. The van der Waals surface area contributed by atoms with Crippen LogP contribution < -0.4 is 19.5 Å². The third kappa shape index (κ3) is 5.41. The number of nitrogens with zero attached hydrogens (tertiary/aromatic N) is 3. The van der Waals surface area contributed by atoms with Gasteiger partial charge in [-0.2, -0.15) is 4.98 Å². The van der Waals surface area contributed by atoms with Crippen LogP contribution in [0.25, 0.3) is 11.3 Å². The van der Waals surface area contributed by atoms with Crippen LogP contribution in [0.2, 0.25) is 0 Å². The molecule has 0 aliphatic carbocycles. The van der Waals surface area contributed by atoms with E-state index in [1.54, 1.807) is 25.3 Å². The van der Waals surface area contributed by atoms with Gasteiger partial charge in [0.25, 0.3) is 0 Å². The predicted octanol–water partition coefficient (Wildman–Crippen LogP) is 7.06. The number of anilines is 1. The standard InChI is InChI=1S/C31H25FN4O3S/c1-37-26-17-9-14-23(28(26)38-18-20-10-3-2-4-11-20)29-33-25-16-8-6-13-22(25)27-30(39-29)34-31(36-35-27)40-19-21-12-5-7-15-24(21)32/h2-17,29,33H,18-19H2,1H3/t29-/m1/s1. The Morgan fingerprint density at radius 3 is 2.55 bits per heavy atom. The summed E-state index contributed by atoms with van der Waals surface area (Å²) in [6.07, 6.45) is -0.676. The minimum absolute atomic E-state index is 0.270. The zero-order valence-electron chi connectivity index (χ0n) is 21.6. The first kappa shape index (κ1) is 25.6. The molecule has 40 heavy (non-hydrogen) atoms. The summed E-state index contributed by atoms with van der Waals surface area (Å²) in [5.74, 6) is 1.54. The van der Waals surface area contributed by atoms with Crippen LogP contribution in [0.5, 0.6) is 17.4 Å². The maximum absolute atomic E-state index is 14.2. The van der Waals surface area contributed by atoms with Crippen molar-refractivity contribution in [2.75, 3.05) is 12.4 Å². The molecular weight excluding hydrogens is 527 g/mol. The Labute approximate surface area is 235 Å². The number of fused-ring (bicyclic) bond motifs is 3. The number of halogens is 1. The van der Waals surface area contributed by atoms with Crippen molar-refractivity contribution < 1.29 is 18.6 Å². The fraction of sp³-hybridized carbons (Fsp3) is 0.129. The summed E-state index contributed by atoms with van der Waals surface area (Å²) in [6.45, 7) is 0.356. The second kappa shape index (κ2) is 11.6. The molecule has 1 N–H and O–H groups in total. The fourth-order valence-corrected chi connectivity index (χ4v) is 5.16. The SMILES string of the molecule is COc1cccc([C@@H]2Nc3ccccc3-c3nnc(SCc4ccccc4F)nc3O2)c1OCc1ccccc1. The largest absolute Gasteiger partial charge is 0.493 e. The van der Waals surface area contributed by atoms with Crippen LogP contribution in [0.1, 0.15) is 22.9 Å². The Kier molecular flexibility index (Phi) is 7.45. The smallest absolute Gasteiger partial charge is 0.247 e. The van der Waals surface area contributed by atoms with E-state index in [1.807, 2.05) is 72.8 Å². The summed E-state index contributed by atoms with van der Waals surface area (Å²) in [7, 11) is 1.61. The van der Waals surface area contributed by atoms with Crippen molar-refractivity contribution in [3.8, 4) is 28.6 Å². The third-order valence-corrected chi connectivity index (χ3v) is 7.27. The number of para-hydroxylation sites is 2. The minimum atomic E-state index is -0.676. The van der Waals surface area contributed by atoms with E-state index in [9.17, 15) is 4.39 Å².